The van der Waals surface area contributed by atoms with Crippen molar-refractivity contribution >= 4 is 17.4 Å². The van der Waals surface area contributed by atoms with E-state index in [1.807, 2.05) is 48.5 Å². The number of amides is 2. The van der Waals surface area contributed by atoms with Crippen molar-refractivity contribution in [1.29, 1.82) is 0 Å². The maximum Gasteiger partial charge on any atom is 0.319 e. The SMILES string of the molecule is O=C(NC[C@@H](c1ccc2c(c1)OCO2)N1CCN(c2ccccc2)CC1)Nc1ccccc1. The quantitative estimate of drug-likeness (QED) is 0.599. The number of rotatable bonds is 6. The van der Waals surface area contributed by atoms with E-state index in [1.165, 1.54) is 5.69 Å². The number of carbonyl (C=O) groups is 1. The van der Waals surface area contributed by atoms with Gasteiger partial charge in [0.15, 0.2) is 11.5 Å². The van der Waals surface area contributed by atoms with Crippen LogP contribution in [-0.4, -0.2) is 50.4 Å². The normalized spacial score (nSPS) is 16.3. The summed E-state index contributed by atoms with van der Waals surface area (Å²) in [6.07, 6.45) is 0. The Bertz CT molecular complexity index is 1070. The number of hydrogen-bond donors (Lipinski definition) is 2. The molecule has 2 aliphatic rings. The van der Waals surface area contributed by atoms with Crippen molar-refractivity contribution in [2.24, 2.45) is 0 Å². The van der Waals surface area contributed by atoms with E-state index in [0.29, 0.717) is 6.54 Å². The Labute approximate surface area is 193 Å². The number of nitrogens with zero attached hydrogens (tertiary/aromatic N) is 2. The number of carbonyl (C=O) groups excluding carboxylic acids is 1. The first kappa shape index (κ1) is 21.2. The lowest BCUT2D eigenvalue weighted by atomic mass is 10.0. The number of piperazine rings is 1. The Balaban J connectivity index is 1.28. The van der Waals surface area contributed by atoms with Gasteiger partial charge in [0.2, 0.25) is 6.79 Å². The predicted octanol–water partition coefficient (Wildman–Crippen LogP) is 4.10. The number of anilines is 2. The van der Waals surface area contributed by atoms with E-state index in [2.05, 4.69) is 50.8 Å². The van der Waals surface area contributed by atoms with Gasteiger partial charge in [-0.25, -0.2) is 4.79 Å². The summed E-state index contributed by atoms with van der Waals surface area (Å²) in [6.45, 7) is 4.40. The smallest absolute Gasteiger partial charge is 0.319 e. The highest BCUT2D eigenvalue weighted by atomic mass is 16.7. The summed E-state index contributed by atoms with van der Waals surface area (Å²) in [5.74, 6) is 1.52. The van der Waals surface area contributed by atoms with E-state index in [0.717, 1.165) is 48.9 Å². The van der Waals surface area contributed by atoms with Crippen LogP contribution in [0.3, 0.4) is 0 Å². The molecule has 170 valence electrons. The van der Waals surface area contributed by atoms with Crippen molar-refractivity contribution < 1.29 is 14.3 Å². The monoisotopic (exact) mass is 444 g/mol. The number of urea groups is 1. The number of hydrogen-bond acceptors (Lipinski definition) is 5. The maximum absolute atomic E-state index is 12.6. The van der Waals surface area contributed by atoms with E-state index in [4.69, 9.17) is 9.47 Å². The van der Waals surface area contributed by atoms with Crippen LogP contribution in [0.5, 0.6) is 11.5 Å². The second-order valence-corrected chi connectivity index (χ2v) is 8.19. The highest BCUT2D eigenvalue weighted by molar-refractivity contribution is 5.89. The Kier molecular flexibility index (Phi) is 6.30. The van der Waals surface area contributed by atoms with E-state index in [1.54, 1.807) is 0 Å². The molecular weight excluding hydrogens is 416 g/mol. The molecular formula is C26H28N4O3. The molecule has 7 heteroatoms. The molecule has 0 aromatic heterocycles. The summed E-state index contributed by atoms with van der Waals surface area (Å²) in [7, 11) is 0. The van der Waals surface area contributed by atoms with Gasteiger partial charge in [0, 0.05) is 44.1 Å². The lowest BCUT2D eigenvalue weighted by molar-refractivity contribution is 0.173. The van der Waals surface area contributed by atoms with Gasteiger partial charge in [-0.1, -0.05) is 42.5 Å². The fourth-order valence-electron chi connectivity index (χ4n) is 4.39. The van der Waals surface area contributed by atoms with Gasteiger partial charge in [0.1, 0.15) is 0 Å². The standard InChI is InChI=1S/C26H28N4O3/c31-26(28-21-7-3-1-4-8-21)27-18-23(20-11-12-24-25(17-20)33-19-32-24)30-15-13-29(14-16-30)22-9-5-2-6-10-22/h1-12,17,23H,13-16,18-19H2,(H2,27,28,31)/t23-/m0/s1. The summed E-state index contributed by atoms with van der Waals surface area (Å²) in [4.78, 5) is 17.4. The summed E-state index contributed by atoms with van der Waals surface area (Å²) < 4.78 is 11.1. The van der Waals surface area contributed by atoms with Gasteiger partial charge < -0.3 is 25.0 Å². The van der Waals surface area contributed by atoms with E-state index in [9.17, 15) is 4.79 Å². The van der Waals surface area contributed by atoms with Gasteiger partial charge in [-0.15, -0.1) is 0 Å². The minimum Gasteiger partial charge on any atom is -0.454 e. The zero-order valence-electron chi connectivity index (χ0n) is 18.4. The number of ether oxygens (including phenoxy) is 2. The van der Waals surface area contributed by atoms with Crippen LogP contribution in [-0.2, 0) is 0 Å². The van der Waals surface area contributed by atoms with Gasteiger partial charge in [0.05, 0.1) is 6.04 Å². The average molecular weight is 445 g/mol. The molecule has 2 aliphatic heterocycles. The zero-order chi connectivity index (χ0) is 22.5. The molecule has 0 saturated carbocycles. The summed E-state index contributed by atoms with van der Waals surface area (Å²) in [5, 5.41) is 5.96. The largest absolute Gasteiger partial charge is 0.454 e. The van der Waals surface area contributed by atoms with Crippen LogP contribution in [0.15, 0.2) is 78.9 Å². The minimum atomic E-state index is -0.213. The Morgan fingerprint density at radius 1 is 0.848 bits per heavy atom. The first-order valence-electron chi connectivity index (χ1n) is 11.3. The fraction of sp³-hybridized carbons (Fsp3) is 0.269. The predicted molar refractivity (Wildman–Crippen MR) is 129 cm³/mol. The van der Waals surface area contributed by atoms with Crippen molar-refractivity contribution in [1.82, 2.24) is 10.2 Å². The second-order valence-electron chi connectivity index (χ2n) is 8.19. The van der Waals surface area contributed by atoms with Gasteiger partial charge in [-0.2, -0.15) is 0 Å². The van der Waals surface area contributed by atoms with Crippen LogP contribution in [0.25, 0.3) is 0 Å². The van der Waals surface area contributed by atoms with Gasteiger partial charge in [-0.05, 0) is 42.0 Å². The Hall–Kier alpha value is -3.71. The lowest BCUT2D eigenvalue weighted by Crippen LogP contribution is -2.50. The van der Waals surface area contributed by atoms with Crippen molar-refractivity contribution in [2.75, 3.05) is 49.7 Å². The average Bonchev–Trinajstić information content (AvgIpc) is 3.34. The topological polar surface area (TPSA) is 66.1 Å². The molecule has 0 unspecified atom stereocenters. The van der Waals surface area contributed by atoms with Crippen LogP contribution >= 0.6 is 0 Å². The molecule has 3 aromatic carbocycles. The molecule has 0 radical (unpaired) electrons. The molecule has 2 amide bonds. The van der Waals surface area contributed by atoms with Crippen LogP contribution in [0.1, 0.15) is 11.6 Å². The van der Waals surface area contributed by atoms with Gasteiger partial charge >= 0.3 is 6.03 Å². The number of para-hydroxylation sites is 2. The van der Waals surface area contributed by atoms with Crippen molar-refractivity contribution in [3.63, 3.8) is 0 Å². The second kappa shape index (κ2) is 9.83. The molecule has 3 aromatic rings. The van der Waals surface area contributed by atoms with Crippen molar-refractivity contribution in [3.05, 3.63) is 84.4 Å². The highest BCUT2D eigenvalue weighted by Gasteiger charge is 2.27. The first-order valence-corrected chi connectivity index (χ1v) is 11.3. The van der Waals surface area contributed by atoms with Crippen molar-refractivity contribution in [3.8, 4) is 11.5 Å². The van der Waals surface area contributed by atoms with E-state index < -0.39 is 0 Å². The maximum atomic E-state index is 12.6. The molecule has 2 N–H and O–H groups in total. The molecule has 1 fully saturated rings. The highest BCUT2D eigenvalue weighted by Crippen LogP contribution is 2.35. The minimum absolute atomic E-state index is 0.0268. The Morgan fingerprint density at radius 2 is 1.55 bits per heavy atom. The Morgan fingerprint density at radius 3 is 2.30 bits per heavy atom. The third-order valence-corrected chi connectivity index (χ3v) is 6.15. The molecule has 33 heavy (non-hydrogen) atoms. The number of nitrogens with one attached hydrogen (secondary N) is 2. The fourth-order valence-corrected chi connectivity index (χ4v) is 4.39. The molecule has 1 saturated heterocycles. The van der Waals surface area contributed by atoms with Crippen LogP contribution < -0.4 is 25.0 Å². The summed E-state index contributed by atoms with van der Waals surface area (Å²) in [6, 6.07) is 25.8. The lowest BCUT2D eigenvalue weighted by Gasteiger charge is -2.40. The molecule has 2 heterocycles. The van der Waals surface area contributed by atoms with E-state index >= 15 is 0 Å². The van der Waals surface area contributed by atoms with Crippen LogP contribution in [0.4, 0.5) is 16.2 Å². The third-order valence-electron chi connectivity index (χ3n) is 6.15. The molecule has 7 nitrogen and oxygen atoms in total. The number of fused-ring (bicyclic) bond motifs is 1. The van der Waals surface area contributed by atoms with Crippen LogP contribution in [0, 0.1) is 0 Å². The number of benzene rings is 3. The molecule has 0 spiro atoms. The zero-order valence-corrected chi connectivity index (χ0v) is 18.4. The van der Waals surface area contributed by atoms with Gasteiger partial charge in [-0.3, -0.25) is 4.90 Å². The molecule has 0 aliphatic carbocycles. The molecule has 1 atom stereocenters. The van der Waals surface area contributed by atoms with E-state index in [-0.39, 0.29) is 18.9 Å². The third kappa shape index (κ3) is 5.04. The summed E-state index contributed by atoms with van der Waals surface area (Å²) >= 11 is 0. The first-order chi connectivity index (χ1) is 16.3. The van der Waals surface area contributed by atoms with Gasteiger partial charge in [0.25, 0.3) is 0 Å². The van der Waals surface area contributed by atoms with Crippen molar-refractivity contribution in [2.45, 2.75) is 6.04 Å². The molecule has 5 rings (SSSR count). The van der Waals surface area contributed by atoms with Crippen LogP contribution in [0.2, 0.25) is 0 Å². The molecule has 0 bridgehead atoms. The summed E-state index contributed by atoms with van der Waals surface area (Å²) in [5.41, 5.74) is 3.12.